The van der Waals surface area contributed by atoms with Crippen LogP contribution in [0.3, 0.4) is 0 Å². The summed E-state index contributed by atoms with van der Waals surface area (Å²) in [5.74, 6) is 0. The van der Waals surface area contributed by atoms with Crippen LogP contribution in [0.15, 0.2) is 59.1 Å². The Labute approximate surface area is 137 Å². The van der Waals surface area contributed by atoms with Gasteiger partial charge in [-0.3, -0.25) is 0 Å². The van der Waals surface area contributed by atoms with E-state index in [1.165, 1.54) is 16.3 Å². The number of halogens is 2. The van der Waals surface area contributed by atoms with Gasteiger partial charge in [-0.1, -0.05) is 63.9 Å². The van der Waals surface area contributed by atoms with Crippen LogP contribution in [0.1, 0.15) is 22.7 Å². The summed E-state index contributed by atoms with van der Waals surface area (Å²) in [5, 5.41) is 3.07. The second kappa shape index (κ2) is 5.80. The highest BCUT2D eigenvalue weighted by Crippen LogP contribution is 2.34. The summed E-state index contributed by atoms with van der Waals surface area (Å²) >= 11 is 9.83. The molecular formula is C18H15BrClN. The molecule has 106 valence electrons. The zero-order valence-electron chi connectivity index (χ0n) is 11.6. The monoisotopic (exact) mass is 359 g/mol. The summed E-state index contributed by atoms with van der Waals surface area (Å²) in [5.41, 5.74) is 9.79. The molecule has 0 fully saturated rings. The van der Waals surface area contributed by atoms with Gasteiger partial charge in [0, 0.05) is 9.50 Å². The minimum atomic E-state index is -0.249. The molecule has 3 aromatic carbocycles. The molecule has 1 unspecified atom stereocenters. The van der Waals surface area contributed by atoms with Crippen molar-refractivity contribution in [1.29, 1.82) is 0 Å². The van der Waals surface area contributed by atoms with Gasteiger partial charge < -0.3 is 5.73 Å². The second-order valence-electron chi connectivity index (χ2n) is 5.16. The van der Waals surface area contributed by atoms with E-state index in [2.05, 4.69) is 47.1 Å². The smallest absolute Gasteiger partial charge is 0.0575 e. The Hall–Kier alpha value is -1.35. The van der Waals surface area contributed by atoms with Crippen molar-refractivity contribution in [3.63, 3.8) is 0 Å². The molecule has 3 rings (SSSR count). The molecule has 0 aromatic heterocycles. The topological polar surface area (TPSA) is 26.0 Å². The molecule has 0 spiro atoms. The minimum absolute atomic E-state index is 0.249. The van der Waals surface area contributed by atoms with E-state index in [9.17, 15) is 0 Å². The van der Waals surface area contributed by atoms with Gasteiger partial charge in [-0.25, -0.2) is 0 Å². The molecule has 0 heterocycles. The Morgan fingerprint density at radius 2 is 1.81 bits per heavy atom. The predicted molar refractivity (Wildman–Crippen MR) is 93.9 cm³/mol. The zero-order valence-corrected chi connectivity index (χ0v) is 13.9. The van der Waals surface area contributed by atoms with E-state index in [4.69, 9.17) is 17.3 Å². The lowest BCUT2D eigenvalue weighted by molar-refractivity contribution is 0.871. The molecule has 2 N–H and O–H groups in total. The Balaban J connectivity index is 2.24. The Bertz CT molecular complexity index is 813. The van der Waals surface area contributed by atoms with E-state index >= 15 is 0 Å². The quantitative estimate of drug-likeness (QED) is 0.631. The van der Waals surface area contributed by atoms with E-state index in [0.717, 1.165) is 15.6 Å². The summed E-state index contributed by atoms with van der Waals surface area (Å²) in [6, 6.07) is 18.1. The van der Waals surface area contributed by atoms with Crippen LogP contribution in [0.25, 0.3) is 10.8 Å². The number of hydrogen-bond acceptors (Lipinski definition) is 1. The molecule has 0 saturated carbocycles. The zero-order chi connectivity index (χ0) is 15.0. The molecular weight excluding hydrogens is 346 g/mol. The second-order valence-corrected chi connectivity index (χ2v) is 6.48. The van der Waals surface area contributed by atoms with Crippen molar-refractivity contribution in [1.82, 2.24) is 0 Å². The van der Waals surface area contributed by atoms with Gasteiger partial charge in [0.1, 0.15) is 0 Å². The maximum Gasteiger partial charge on any atom is 0.0575 e. The van der Waals surface area contributed by atoms with E-state index < -0.39 is 0 Å². The van der Waals surface area contributed by atoms with Gasteiger partial charge in [-0.15, -0.1) is 0 Å². The largest absolute Gasteiger partial charge is 0.320 e. The van der Waals surface area contributed by atoms with Gasteiger partial charge in [0.25, 0.3) is 0 Å². The summed E-state index contributed by atoms with van der Waals surface area (Å²) in [6.07, 6.45) is 0. The van der Waals surface area contributed by atoms with Crippen LogP contribution in [0.5, 0.6) is 0 Å². The van der Waals surface area contributed by atoms with Crippen LogP contribution in [0.2, 0.25) is 5.02 Å². The maximum atomic E-state index is 6.55. The molecule has 0 amide bonds. The molecule has 0 aliphatic rings. The molecule has 1 atom stereocenters. The Morgan fingerprint density at radius 1 is 1.05 bits per heavy atom. The fraction of sp³-hybridized carbons (Fsp3) is 0.111. The summed E-state index contributed by atoms with van der Waals surface area (Å²) in [7, 11) is 0. The van der Waals surface area contributed by atoms with Gasteiger partial charge in [0.2, 0.25) is 0 Å². The van der Waals surface area contributed by atoms with Crippen molar-refractivity contribution < 1.29 is 0 Å². The van der Waals surface area contributed by atoms with Crippen LogP contribution in [0, 0.1) is 6.92 Å². The number of fused-ring (bicyclic) bond motifs is 1. The molecule has 0 aliphatic carbocycles. The highest BCUT2D eigenvalue weighted by Gasteiger charge is 2.17. The number of nitrogens with two attached hydrogens (primary N) is 1. The lowest BCUT2D eigenvalue weighted by Gasteiger charge is -2.19. The van der Waals surface area contributed by atoms with Crippen molar-refractivity contribution in [2.75, 3.05) is 0 Å². The first-order valence-corrected chi connectivity index (χ1v) is 7.94. The molecule has 0 aliphatic heterocycles. The highest BCUT2D eigenvalue weighted by atomic mass is 79.9. The third-order valence-corrected chi connectivity index (χ3v) is 4.63. The first kappa shape index (κ1) is 14.6. The van der Waals surface area contributed by atoms with Crippen LogP contribution >= 0.6 is 27.5 Å². The third-order valence-electron chi connectivity index (χ3n) is 3.79. The lowest BCUT2D eigenvalue weighted by Crippen LogP contribution is -2.14. The Kier molecular flexibility index (Phi) is 4.03. The fourth-order valence-electron chi connectivity index (χ4n) is 2.73. The van der Waals surface area contributed by atoms with E-state index in [1.807, 2.05) is 30.3 Å². The van der Waals surface area contributed by atoms with Gasteiger partial charge in [0.15, 0.2) is 0 Å². The number of rotatable bonds is 2. The highest BCUT2D eigenvalue weighted by molar-refractivity contribution is 9.10. The van der Waals surface area contributed by atoms with Gasteiger partial charge in [-0.2, -0.15) is 0 Å². The normalized spacial score (nSPS) is 12.6. The summed E-state index contributed by atoms with van der Waals surface area (Å²) < 4.78 is 0.982. The van der Waals surface area contributed by atoms with E-state index in [1.54, 1.807) is 0 Å². The Morgan fingerprint density at radius 3 is 2.62 bits per heavy atom. The maximum absolute atomic E-state index is 6.55. The fourth-order valence-corrected chi connectivity index (χ4v) is 3.34. The van der Waals surface area contributed by atoms with E-state index in [-0.39, 0.29) is 6.04 Å². The van der Waals surface area contributed by atoms with Crippen molar-refractivity contribution in [2.24, 2.45) is 5.73 Å². The molecule has 21 heavy (non-hydrogen) atoms. The molecule has 1 nitrogen and oxygen atoms in total. The van der Waals surface area contributed by atoms with Crippen molar-refractivity contribution in [2.45, 2.75) is 13.0 Å². The van der Waals surface area contributed by atoms with Crippen LogP contribution in [0.4, 0.5) is 0 Å². The first-order chi connectivity index (χ1) is 10.1. The molecule has 0 saturated heterocycles. The van der Waals surface area contributed by atoms with E-state index in [0.29, 0.717) is 5.02 Å². The molecule has 0 bridgehead atoms. The number of aryl methyl sites for hydroxylation is 1. The van der Waals surface area contributed by atoms with Gasteiger partial charge >= 0.3 is 0 Å². The average molecular weight is 361 g/mol. The van der Waals surface area contributed by atoms with Gasteiger partial charge in [-0.05, 0) is 52.6 Å². The SMILES string of the molecule is Cc1ccc2ccccc2c1C(N)c1cc(Br)ccc1Cl. The summed E-state index contributed by atoms with van der Waals surface area (Å²) in [4.78, 5) is 0. The predicted octanol–water partition coefficient (Wildman–Crippen LogP) is 5.61. The number of hydrogen-bond donors (Lipinski definition) is 1. The molecule has 3 aromatic rings. The van der Waals surface area contributed by atoms with Crippen LogP contribution < -0.4 is 5.73 Å². The third kappa shape index (κ3) is 2.71. The van der Waals surface area contributed by atoms with Crippen LogP contribution in [-0.4, -0.2) is 0 Å². The van der Waals surface area contributed by atoms with Crippen molar-refractivity contribution in [3.05, 3.63) is 80.8 Å². The van der Waals surface area contributed by atoms with Gasteiger partial charge in [0.05, 0.1) is 6.04 Å². The average Bonchev–Trinajstić information content (AvgIpc) is 2.49. The number of benzene rings is 3. The van der Waals surface area contributed by atoms with Crippen LogP contribution in [-0.2, 0) is 0 Å². The standard InChI is InChI=1S/C18H15BrClN/c1-11-6-7-12-4-2-3-5-14(12)17(11)18(21)15-10-13(19)8-9-16(15)20/h2-10,18H,21H2,1H3. The molecule has 0 radical (unpaired) electrons. The van der Waals surface area contributed by atoms with Crippen molar-refractivity contribution >= 4 is 38.3 Å². The summed E-state index contributed by atoms with van der Waals surface area (Å²) in [6.45, 7) is 2.09. The lowest BCUT2D eigenvalue weighted by atomic mass is 9.91. The van der Waals surface area contributed by atoms with Crippen molar-refractivity contribution in [3.8, 4) is 0 Å². The molecule has 3 heteroatoms. The minimum Gasteiger partial charge on any atom is -0.320 e. The first-order valence-electron chi connectivity index (χ1n) is 6.76.